The second-order valence-electron chi connectivity index (χ2n) is 9.50. The first kappa shape index (κ1) is 22.4. The number of H-pyrrole nitrogens is 1. The topological polar surface area (TPSA) is 116 Å². The zero-order chi connectivity index (χ0) is 23.7. The van der Waals surface area contributed by atoms with Gasteiger partial charge < -0.3 is 20.7 Å². The second-order valence-corrected chi connectivity index (χ2v) is 9.50. The van der Waals surface area contributed by atoms with Gasteiger partial charge in [0.2, 0.25) is 5.91 Å². The number of piperidine rings is 2. The highest BCUT2D eigenvalue weighted by molar-refractivity contribution is 5.97. The Kier molecular flexibility index (Phi) is 6.24. The summed E-state index contributed by atoms with van der Waals surface area (Å²) >= 11 is 0. The van der Waals surface area contributed by atoms with E-state index in [2.05, 4.69) is 14.9 Å². The molecular formula is C26H31N5O3. The summed E-state index contributed by atoms with van der Waals surface area (Å²) in [5.74, 6) is 0.0718. The number of nitrogens with zero attached hydrogens (tertiary/aromatic N) is 3. The van der Waals surface area contributed by atoms with Crippen LogP contribution < -0.4 is 5.73 Å². The van der Waals surface area contributed by atoms with Crippen molar-refractivity contribution in [3.63, 3.8) is 0 Å². The van der Waals surface area contributed by atoms with Gasteiger partial charge in [-0.15, -0.1) is 0 Å². The van der Waals surface area contributed by atoms with Crippen molar-refractivity contribution in [2.45, 2.75) is 38.1 Å². The number of nitrogens with one attached hydrogen (secondary N) is 1. The van der Waals surface area contributed by atoms with Crippen molar-refractivity contribution in [3.05, 3.63) is 59.4 Å². The van der Waals surface area contributed by atoms with Crippen LogP contribution in [-0.4, -0.2) is 62.9 Å². The van der Waals surface area contributed by atoms with Gasteiger partial charge in [-0.2, -0.15) is 0 Å². The van der Waals surface area contributed by atoms with E-state index in [-0.39, 0.29) is 23.4 Å². The number of nitrogens with two attached hydrogens (primary N) is 1. The molecule has 5 rings (SSSR count). The van der Waals surface area contributed by atoms with Crippen LogP contribution in [0, 0.1) is 5.92 Å². The van der Waals surface area contributed by atoms with Crippen molar-refractivity contribution < 1.29 is 14.7 Å². The fourth-order valence-electron chi connectivity index (χ4n) is 5.59. The molecule has 0 radical (unpaired) electrons. The van der Waals surface area contributed by atoms with Crippen molar-refractivity contribution >= 4 is 28.6 Å². The van der Waals surface area contributed by atoms with Gasteiger partial charge >= 0.3 is 5.97 Å². The minimum atomic E-state index is -0.925. The molecule has 1 amide bonds. The number of benzene rings is 1. The van der Waals surface area contributed by atoms with Crippen molar-refractivity contribution in [1.82, 2.24) is 19.8 Å². The Balaban J connectivity index is 1.18. The third-order valence-corrected chi connectivity index (χ3v) is 7.36. The van der Waals surface area contributed by atoms with Crippen molar-refractivity contribution in [3.8, 4) is 0 Å². The maximum Gasteiger partial charge on any atom is 0.352 e. The average molecular weight is 462 g/mol. The van der Waals surface area contributed by atoms with Gasteiger partial charge in [0.25, 0.3) is 0 Å². The van der Waals surface area contributed by atoms with Crippen LogP contribution in [0.1, 0.15) is 53.2 Å². The summed E-state index contributed by atoms with van der Waals surface area (Å²) < 4.78 is 0. The molecule has 0 aliphatic carbocycles. The number of aromatic carboxylic acids is 1. The predicted molar refractivity (Wildman–Crippen MR) is 130 cm³/mol. The highest BCUT2D eigenvalue weighted by Crippen LogP contribution is 2.36. The molecule has 2 aliphatic rings. The molecule has 0 unspecified atom stereocenters. The first-order valence-electron chi connectivity index (χ1n) is 12.0. The number of para-hydroxylation sites is 1. The molecule has 1 aromatic carbocycles. The zero-order valence-corrected chi connectivity index (χ0v) is 19.2. The molecule has 178 valence electrons. The Morgan fingerprint density at radius 3 is 2.50 bits per heavy atom. The Morgan fingerprint density at radius 1 is 1.06 bits per heavy atom. The SMILES string of the molecule is Nc1cc(CN2CCC(C(=O)N3CCC(c4c(C(=O)O)[nH]c5ccccc45)CC3)CC2)ccn1. The number of rotatable bonds is 5. The van der Waals surface area contributed by atoms with Crippen LogP contribution in [0.4, 0.5) is 5.82 Å². The van der Waals surface area contributed by atoms with Crippen molar-refractivity contribution in [2.24, 2.45) is 5.92 Å². The number of hydrogen-bond acceptors (Lipinski definition) is 5. The summed E-state index contributed by atoms with van der Waals surface area (Å²) in [5, 5.41) is 10.7. The van der Waals surface area contributed by atoms with Crippen LogP contribution in [0.3, 0.4) is 0 Å². The van der Waals surface area contributed by atoms with E-state index in [0.29, 0.717) is 18.9 Å². The van der Waals surface area contributed by atoms with Crippen molar-refractivity contribution in [2.75, 3.05) is 31.9 Å². The number of carbonyl (C=O) groups is 2. The van der Waals surface area contributed by atoms with Gasteiger partial charge in [-0.25, -0.2) is 9.78 Å². The zero-order valence-electron chi connectivity index (χ0n) is 19.2. The van der Waals surface area contributed by atoms with Gasteiger partial charge in [-0.05, 0) is 74.0 Å². The molecule has 2 fully saturated rings. The third kappa shape index (κ3) is 4.50. The number of aromatic nitrogens is 2. The van der Waals surface area contributed by atoms with E-state index in [0.717, 1.165) is 67.3 Å². The summed E-state index contributed by atoms with van der Waals surface area (Å²) in [4.78, 5) is 36.6. The van der Waals surface area contributed by atoms with Crippen LogP contribution in [-0.2, 0) is 11.3 Å². The first-order valence-corrected chi connectivity index (χ1v) is 12.0. The number of carbonyl (C=O) groups excluding carboxylic acids is 1. The number of likely N-dealkylation sites (tertiary alicyclic amines) is 2. The lowest BCUT2D eigenvalue weighted by Crippen LogP contribution is -2.45. The fourth-order valence-corrected chi connectivity index (χ4v) is 5.59. The third-order valence-electron chi connectivity index (χ3n) is 7.36. The van der Waals surface area contributed by atoms with Crippen LogP contribution in [0.15, 0.2) is 42.6 Å². The van der Waals surface area contributed by atoms with E-state index >= 15 is 0 Å². The Labute approximate surface area is 198 Å². The molecule has 0 bridgehead atoms. The molecule has 2 saturated heterocycles. The minimum absolute atomic E-state index is 0.0676. The van der Waals surface area contributed by atoms with Crippen LogP contribution >= 0.6 is 0 Å². The number of amides is 1. The highest BCUT2D eigenvalue weighted by atomic mass is 16.4. The Morgan fingerprint density at radius 2 is 1.79 bits per heavy atom. The number of carboxylic acid groups (broad SMARTS) is 1. The maximum atomic E-state index is 13.2. The van der Waals surface area contributed by atoms with Crippen LogP contribution in [0.5, 0.6) is 0 Å². The van der Waals surface area contributed by atoms with E-state index in [1.54, 1.807) is 6.20 Å². The number of pyridine rings is 1. The molecule has 0 spiro atoms. The monoisotopic (exact) mass is 461 g/mol. The van der Waals surface area contributed by atoms with Gasteiger partial charge in [0.05, 0.1) is 0 Å². The number of hydrogen-bond donors (Lipinski definition) is 3. The summed E-state index contributed by atoms with van der Waals surface area (Å²) in [6, 6.07) is 11.7. The molecule has 4 heterocycles. The molecule has 8 heteroatoms. The van der Waals surface area contributed by atoms with Gasteiger partial charge in [0, 0.05) is 42.7 Å². The normalized spacial score (nSPS) is 18.4. The maximum absolute atomic E-state index is 13.2. The lowest BCUT2D eigenvalue weighted by molar-refractivity contribution is -0.138. The Hall–Kier alpha value is -3.39. The molecule has 3 aromatic rings. The second kappa shape index (κ2) is 9.46. The molecule has 2 aliphatic heterocycles. The van der Waals surface area contributed by atoms with E-state index in [9.17, 15) is 14.7 Å². The number of nitrogen functional groups attached to an aromatic ring is 1. The molecule has 8 nitrogen and oxygen atoms in total. The quantitative estimate of drug-likeness (QED) is 0.536. The van der Waals surface area contributed by atoms with E-state index < -0.39 is 5.97 Å². The van der Waals surface area contributed by atoms with E-state index in [4.69, 9.17) is 5.73 Å². The van der Waals surface area contributed by atoms with Crippen LogP contribution in [0.2, 0.25) is 0 Å². The summed E-state index contributed by atoms with van der Waals surface area (Å²) in [7, 11) is 0. The predicted octanol–water partition coefficient (Wildman–Crippen LogP) is 3.46. The fraction of sp³-hybridized carbons (Fsp3) is 0.423. The molecule has 4 N–H and O–H groups in total. The summed E-state index contributed by atoms with van der Waals surface area (Å²) in [6.45, 7) is 3.98. The smallest absolute Gasteiger partial charge is 0.352 e. The number of anilines is 1. The summed E-state index contributed by atoms with van der Waals surface area (Å²) in [6.07, 6.45) is 5.04. The molecule has 0 saturated carbocycles. The number of carboxylic acids is 1. The van der Waals surface area contributed by atoms with Gasteiger partial charge in [-0.1, -0.05) is 18.2 Å². The lowest BCUT2D eigenvalue weighted by Gasteiger charge is -2.37. The van der Waals surface area contributed by atoms with Crippen LogP contribution in [0.25, 0.3) is 10.9 Å². The van der Waals surface area contributed by atoms with E-state index in [1.165, 1.54) is 0 Å². The minimum Gasteiger partial charge on any atom is -0.477 e. The highest BCUT2D eigenvalue weighted by Gasteiger charge is 2.33. The van der Waals surface area contributed by atoms with Gasteiger partial charge in [0.15, 0.2) is 0 Å². The molecule has 2 aromatic heterocycles. The molecule has 0 atom stereocenters. The molecular weight excluding hydrogens is 430 g/mol. The number of aromatic amines is 1. The van der Waals surface area contributed by atoms with Crippen molar-refractivity contribution in [1.29, 1.82) is 0 Å². The first-order chi connectivity index (χ1) is 16.5. The Bertz CT molecular complexity index is 1190. The van der Waals surface area contributed by atoms with Gasteiger partial charge in [-0.3, -0.25) is 9.69 Å². The summed E-state index contributed by atoms with van der Waals surface area (Å²) in [5.41, 5.74) is 8.97. The number of fused-ring (bicyclic) bond motifs is 1. The standard InChI is InChI=1S/C26H31N5O3/c27-22-15-17(5-10-28-22)16-30-11-6-19(7-12-30)25(32)31-13-8-18(9-14-31)23-20-3-1-2-4-21(20)29-24(23)26(33)34/h1-5,10,15,18-19,29H,6-9,11-14,16H2,(H2,27,28)(H,33,34). The lowest BCUT2D eigenvalue weighted by atomic mass is 9.86. The van der Waals surface area contributed by atoms with E-state index in [1.807, 2.05) is 41.3 Å². The largest absolute Gasteiger partial charge is 0.477 e. The average Bonchev–Trinajstić information content (AvgIpc) is 3.24. The molecule has 34 heavy (non-hydrogen) atoms. The van der Waals surface area contributed by atoms with Gasteiger partial charge in [0.1, 0.15) is 11.5 Å².